The van der Waals surface area contributed by atoms with Crippen LogP contribution in [0.15, 0.2) is 46.9 Å². The Labute approximate surface area is 185 Å². The Morgan fingerprint density at radius 1 is 1.03 bits per heavy atom. The minimum absolute atomic E-state index is 0.0248. The first-order valence-corrected chi connectivity index (χ1v) is 10.5. The van der Waals surface area contributed by atoms with Crippen LogP contribution in [0, 0.1) is 0 Å². The SMILES string of the molecule is CC(C)OCc1c(C(=O)O[C@H](C)C(=O)Nc2ccc3c(c2)OCCO3)oc2ccccc12. The molecule has 1 aromatic heterocycles. The van der Waals surface area contributed by atoms with Crippen molar-refractivity contribution in [1.29, 1.82) is 0 Å². The summed E-state index contributed by atoms with van der Waals surface area (Å²) in [6.07, 6.45) is -1.08. The van der Waals surface area contributed by atoms with Crippen molar-refractivity contribution in [2.24, 2.45) is 0 Å². The van der Waals surface area contributed by atoms with E-state index in [0.29, 0.717) is 41.5 Å². The fourth-order valence-electron chi connectivity index (χ4n) is 3.29. The highest BCUT2D eigenvalue weighted by molar-refractivity contribution is 5.99. The second-order valence-electron chi connectivity index (χ2n) is 7.66. The predicted molar refractivity (Wildman–Crippen MR) is 117 cm³/mol. The summed E-state index contributed by atoms with van der Waals surface area (Å²) in [5.74, 6) is -0.00384. The van der Waals surface area contributed by atoms with Gasteiger partial charge in [0.05, 0.1) is 12.7 Å². The zero-order valence-corrected chi connectivity index (χ0v) is 18.2. The molecule has 3 aromatic rings. The van der Waals surface area contributed by atoms with E-state index < -0.39 is 18.0 Å². The Bertz CT molecular complexity index is 1130. The van der Waals surface area contributed by atoms with E-state index in [1.165, 1.54) is 6.92 Å². The Morgan fingerprint density at radius 2 is 1.78 bits per heavy atom. The van der Waals surface area contributed by atoms with Gasteiger partial charge in [0, 0.05) is 22.7 Å². The molecule has 32 heavy (non-hydrogen) atoms. The van der Waals surface area contributed by atoms with Crippen LogP contribution < -0.4 is 14.8 Å². The number of rotatable bonds is 7. The zero-order chi connectivity index (χ0) is 22.7. The normalized spacial score (nSPS) is 13.8. The first kappa shape index (κ1) is 21.7. The smallest absolute Gasteiger partial charge is 0.375 e. The molecule has 1 atom stereocenters. The first-order chi connectivity index (χ1) is 15.4. The van der Waals surface area contributed by atoms with Gasteiger partial charge in [0.25, 0.3) is 5.91 Å². The third-order valence-electron chi connectivity index (χ3n) is 4.91. The van der Waals surface area contributed by atoms with Crippen molar-refractivity contribution < 1.29 is 33.0 Å². The highest BCUT2D eigenvalue weighted by atomic mass is 16.6. The maximum absolute atomic E-state index is 12.9. The third-order valence-corrected chi connectivity index (χ3v) is 4.91. The largest absolute Gasteiger partial charge is 0.486 e. The van der Waals surface area contributed by atoms with Crippen LogP contribution in [-0.2, 0) is 20.9 Å². The highest BCUT2D eigenvalue weighted by Gasteiger charge is 2.26. The predicted octanol–water partition coefficient (Wildman–Crippen LogP) is 4.31. The van der Waals surface area contributed by atoms with Crippen LogP contribution in [-0.4, -0.2) is 37.3 Å². The van der Waals surface area contributed by atoms with E-state index in [0.717, 1.165) is 5.39 Å². The van der Waals surface area contributed by atoms with Gasteiger partial charge in [-0.1, -0.05) is 18.2 Å². The van der Waals surface area contributed by atoms with Crippen molar-refractivity contribution >= 4 is 28.5 Å². The maximum atomic E-state index is 12.9. The fraction of sp³-hybridized carbons (Fsp3) is 0.333. The second-order valence-corrected chi connectivity index (χ2v) is 7.66. The molecule has 0 fully saturated rings. The number of fused-ring (bicyclic) bond motifs is 2. The minimum atomic E-state index is -1.05. The van der Waals surface area contributed by atoms with Gasteiger partial charge in [-0.25, -0.2) is 4.79 Å². The molecule has 4 rings (SSSR count). The van der Waals surface area contributed by atoms with Crippen LogP contribution >= 0.6 is 0 Å². The second kappa shape index (κ2) is 9.32. The lowest BCUT2D eigenvalue weighted by atomic mass is 10.1. The summed E-state index contributed by atoms with van der Waals surface area (Å²) in [6, 6.07) is 12.4. The van der Waals surface area contributed by atoms with Gasteiger partial charge in [0.15, 0.2) is 17.6 Å². The molecule has 0 aliphatic carbocycles. The molecule has 0 bridgehead atoms. The van der Waals surface area contributed by atoms with Crippen molar-refractivity contribution in [3.8, 4) is 11.5 Å². The lowest BCUT2D eigenvalue weighted by Gasteiger charge is -2.19. The number of para-hydroxylation sites is 1. The van der Waals surface area contributed by atoms with Crippen molar-refractivity contribution in [3.63, 3.8) is 0 Å². The summed E-state index contributed by atoms with van der Waals surface area (Å²) in [5, 5.41) is 3.49. The molecule has 0 radical (unpaired) electrons. The van der Waals surface area contributed by atoms with Crippen LogP contribution in [0.25, 0.3) is 11.0 Å². The van der Waals surface area contributed by atoms with Gasteiger partial charge in [0.2, 0.25) is 5.76 Å². The summed E-state index contributed by atoms with van der Waals surface area (Å²) >= 11 is 0. The van der Waals surface area contributed by atoms with Crippen LogP contribution in [0.5, 0.6) is 11.5 Å². The van der Waals surface area contributed by atoms with Crippen molar-refractivity contribution in [2.75, 3.05) is 18.5 Å². The van der Waals surface area contributed by atoms with E-state index in [1.54, 1.807) is 24.3 Å². The van der Waals surface area contributed by atoms with Gasteiger partial charge >= 0.3 is 5.97 Å². The number of carbonyl (C=O) groups excluding carboxylic acids is 2. The number of amides is 1. The molecule has 2 heterocycles. The Hall–Kier alpha value is -3.52. The van der Waals surface area contributed by atoms with E-state index in [-0.39, 0.29) is 18.5 Å². The number of carbonyl (C=O) groups is 2. The summed E-state index contributed by atoms with van der Waals surface area (Å²) in [5.41, 5.74) is 1.66. The standard InChI is InChI=1S/C24H25NO7/c1-14(2)30-13-18-17-6-4-5-7-19(17)32-22(18)24(27)31-15(3)23(26)25-16-8-9-20-21(12-16)29-11-10-28-20/h4-9,12,14-15H,10-11,13H2,1-3H3,(H,25,26)/t15-/m1/s1. The fourth-order valence-corrected chi connectivity index (χ4v) is 3.29. The number of esters is 1. The summed E-state index contributed by atoms with van der Waals surface area (Å²) < 4.78 is 27.8. The number of furan rings is 1. The molecule has 1 amide bonds. The summed E-state index contributed by atoms with van der Waals surface area (Å²) in [7, 11) is 0. The Kier molecular flexibility index (Phi) is 6.32. The quantitative estimate of drug-likeness (QED) is 0.548. The molecular weight excluding hydrogens is 414 g/mol. The molecule has 8 nitrogen and oxygen atoms in total. The van der Waals surface area contributed by atoms with Crippen LogP contribution in [0.2, 0.25) is 0 Å². The molecule has 0 saturated heterocycles. The lowest BCUT2D eigenvalue weighted by molar-refractivity contribution is -0.123. The average Bonchev–Trinajstić information content (AvgIpc) is 3.16. The van der Waals surface area contributed by atoms with E-state index >= 15 is 0 Å². The number of anilines is 1. The summed E-state index contributed by atoms with van der Waals surface area (Å²) in [4.78, 5) is 25.5. The highest BCUT2D eigenvalue weighted by Crippen LogP contribution is 2.33. The van der Waals surface area contributed by atoms with Gasteiger partial charge in [0.1, 0.15) is 18.8 Å². The van der Waals surface area contributed by atoms with E-state index in [2.05, 4.69) is 5.32 Å². The minimum Gasteiger partial charge on any atom is -0.486 e. The van der Waals surface area contributed by atoms with E-state index in [1.807, 2.05) is 32.0 Å². The van der Waals surface area contributed by atoms with Gasteiger partial charge in [-0.3, -0.25) is 4.79 Å². The maximum Gasteiger partial charge on any atom is 0.375 e. The van der Waals surface area contributed by atoms with Crippen molar-refractivity contribution in [2.45, 2.75) is 39.6 Å². The topological polar surface area (TPSA) is 96.2 Å². The number of hydrogen-bond donors (Lipinski definition) is 1. The number of nitrogens with one attached hydrogen (secondary N) is 1. The van der Waals surface area contributed by atoms with Gasteiger partial charge in [-0.2, -0.15) is 0 Å². The van der Waals surface area contributed by atoms with Crippen molar-refractivity contribution in [3.05, 3.63) is 53.8 Å². The van der Waals surface area contributed by atoms with Gasteiger partial charge < -0.3 is 28.7 Å². The lowest BCUT2D eigenvalue weighted by Crippen LogP contribution is -2.30. The molecular formula is C24H25NO7. The first-order valence-electron chi connectivity index (χ1n) is 10.5. The van der Waals surface area contributed by atoms with E-state index in [4.69, 9.17) is 23.4 Å². The number of ether oxygens (including phenoxy) is 4. The van der Waals surface area contributed by atoms with Crippen LogP contribution in [0.3, 0.4) is 0 Å². The number of hydrogen-bond acceptors (Lipinski definition) is 7. The molecule has 0 unspecified atom stereocenters. The van der Waals surface area contributed by atoms with E-state index in [9.17, 15) is 9.59 Å². The Morgan fingerprint density at radius 3 is 2.56 bits per heavy atom. The molecule has 2 aromatic carbocycles. The van der Waals surface area contributed by atoms with Crippen LogP contribution in [0.1, 0.15) is 36.9 Å². The average molecular weight is 439 g/mol. The number of benzene rings is 2. The molecule has 0 saturated carbocycles. The Balaban J connectivity index is 1.46. The molecule has 1 aliphatic heterocycles. The van der Waals surface area contributed by atoms with Crippen LogP contribution in [0.4, 0.5) is 5.69 Å². The third kappa shape index (κ3) is 4.70. The molecule has 1 N–H and O–H groups in total. The monoisotopic (exact) mass is 439 g/mol. The molecule has 0 spiro atoms. The zero-order valence-electron chi connectivity index (χ0n) is 18.2. The molecule has 8 heteroatoms. The summed E-state index contributed by atoms with van der Waals surface area (Å²) in [6.45, 7) is 6.43. The van der Waals surface area contributed by atoms with Gasteiger partial charge in [-0.15, -0.1) is 0 Å². The molecule has 1 aliphatic rings. The van der Waals surface area contributed by atoms with Gasteiger partial charge in [-0.05, 0) is 39.0 Å². The van der Waals surface area contributed by atoms with Crippen molar-refractivity contribution in [1.82, 2.24) is 0 Å². The molecule has 168 valence electrons.